The first-order valence-corrected chi connectivity index (χ1v) is 7.48. The lowest BCUT2D eigenvalue weighted by molar-refractivity contribution is -0.143. The molecule has 0 heterocycles. The first-order valence-electron chi connectivity index (χ1n) is 7.48. The molecule has 0 amide bonds. The maximum atomic E-state index is 11.0. The van der Waals surface area contributed by atoms with Crippen molar-refractivity contribution in [3.05, 3.63) is 0 Å². The van der Waals surface area contributed by atoms with E-state index in [0.29, 0.717) is 12.8 Å². The lowest BCUT2D eigenvalue weighted by Gasteiger charge is -2.12. The molecule has 0 bridgehead atoms. The standard InChI is InChI=1S/C15H28O4/c1-3-5-9-13(15(18)19)11-8-6-7-10-12(4-2)14(16)17/h12-13H,3-11H2,1-2H3,(H,16,17)(H,18,19). The summed E-state index contributed by atoms with van der Waals surface area (Å²) in [5, 5.41) is 18.0. The number of rotatable bonds is 12. The highest BCUT2D eigenvalue weighted by molar-refractivity contribution is 5.70. The molecule has 0 saturated heterocycles. The van der Waals surface area contributed by atoms with Crippen molar-refractivity contribution in [2.75, 3.05) is 0 Å². The van der Waals surface area contributed by atoms with Crippen molar-refractivity contribution in [1.82, 2.24) is 0 Å². The number of carboxylic acid groups (broad SMARTS) is 2. The predicted octanol–water partition coefficient (Wildman–Crippen LogP) is 3.94. The van der Waals surface area contributed by atoms with Gasteiger partial charge in [-0.15, -0.1) is 0 Å². The van der Waals surface area contributed by atoms with E-state index in [-0.39, 0.29) is 11.8 Å². The number of carboxylic acids is 2. The molecule has 2 atom stereocenters. The Kier molecular flexibility index (Phi) is 10.2. The third kappa shape index (κ3) is 8.62. The fraction of sp³-hybridized carbons (Fsp3) is 0.867. The maximum Gasteiger partial charge on any atom is 0.306 e. The molecular formula is C15H28O4. The van der Waals surface area contributed by atoms with Gasteiger partial charge in [0.15, 0.2) is 0 Å². The van der Waals surface area contributed by atoms with Crippen molar-refractivity contribution >= 4 is 11.9 Å². The van der Waals surface area contributed by atoms with Gasteiger partial charge < -0.3 is 10.2 Å². The normalized spacial score (nSPS) is 14.0. The minimum absolute atomic E-state index is 0.221. The molecule has 4 nitrogen and oxygen atoms in total. The summed E-state index contributed by atoms with van der Waals surface area (Å²) in [7, 11) is 0. The topological polar surface area (TPSA) is 74.6 Å². The average molecular weight is 272 g/mol. The highest BCUT2D eigenvalue weighted by Crippen LogP contribution is 2.19. The quantitative estimate of drug-likeness (QED) is 0.528. The van der Waals surface area contributed by atoms with Gasteiger partial charge in [-0.3, -0.25) is 9.59 Å². The zero-order valence-corrected chi connectivity index (χ0v) is 12.2. The molecule has 4 heteroatoms. The molecule has 0 aromatic carbocycles. The monoisotopic (exact) mass is 272 g/mol. The molecule has 19 heavy (non-hydrogen) atoms. The van der Waals surface area contributed by atoms with E-state index in [0.717, 1.165) is 44.9 Å². The zero-order chi connectivity index (χ0) is 14.7. The van der Waals surface area contributed by atoms with Crippen LogP contribution in [0.2, 0.25) is 0 Å². The van der Waals surface area contributed by atoms with E-state index in [4.69, 9.17) is 10.2 Å². The molecule has 0 radical (unpaired) electrons. The van der Waals surface area contributed by atoms with Gasteiger partial charge in [-0.05, 0) is 25.7 Å². The van der Waals surface area contributed by atoms with Crippen molar-refractivity contribution in [3.63, 3.8) is 0 Å². The molecule has 0 aromatic heterocycles. The Hall–Kier alpha value is -1.06. The highest BCUT2D eigenvalue weighted by atomic mass is 16.4. The van der Waals surface area contributed by atoms with Crippen LogP contribution < -0.4 is 0 Å². The Morgan fingerprint density at radius 2 is 1.26 bits per heavy atom. The Morgan fingerprint density at radius 3 is 1.68 bits per heavy atom. The summed E-state index contributed by atoms with van der Waals surface area (Å²) in [5.41, 5.74) is 0. The summed E-state index contributed by atoms with van der Waals surface area (Å²) in [6.07, 6.45) is 7.55. The van der Waals surface area contributed by atoms with Crippen LogP contribution in [0.4, 0.5) is 0 Å². The first-order chi connectivity index (χ1) is 9.02. The van der Waals surface area contributed by atoms with Gasteiger partial charge in [-0.1, -0.05) is 46.0 Å². The number of hydrogen-bond donors (Lipinski definition) is 2. The Bertz CT molecular complexity index is 263. The van der Waals surface area contributed by atoms with E-state index in [9.17, 15) is 9.59 Å². The molecular weight excluding hydrogens is 244 g/mol. The maximum absolute atomic E-state index is 11.0. The van der Waals surface area contributed by atoms with Gasteiger partial charge in [0.05, 0.1) is 11.8 Å². The SMILES string of the molecule is CCCCC(CCCCCC(CC)C(=O)O)C(=O)O. The van der Waals surface area contributed by atoms with E-state index >= 15 is 0 Å². The highest BCUT2D eigenvalue weighted by Gasteiger charge is 2.17. The summed E-state index contributed by atoms with van der Waals surface area (Å²) >= 11 is 0. The van der Waals surface area contributed by atoms with E-state index in [2.05, 4.69) is 6.92 Å². The molecule has 0 aliphatic carbocycles. The van der Waals surface area contributed by atoms with Crippen LogP contribution in [0.5, 0.6) is 0 Å². The van der Waals surface area contributed by atoms with Gasteiger partial charge in [0, 0.05) is 0 Å². The number of unbranched alkanes of at least 4 members (excludes halogenated alkanes) is 3. The van der Waals surface area contributed by atoms with E-state index in [1.54, 1.807) is 0 Å². The van der Waals surface area contributed by atoms with Crippen molar-refractivity contribution < 1.29 is 19.8 Å². The first kappa shape index (κ1) is 17.9. The second kappa shape index (κ2) is 10.8. The molecule has 0 spiro atoms. The molecule has 0 fully saturated rings. The fourth-order valence-corrected chi connectivity index (χ4v) is 2.30. The van der Waals surface area contributed by atoms with Crippen LogP contribution in [0.1, 0.15) is 71.6 Å². The van der Waals surface area contributed by atoms with Gasteiger partial charge >= 0.3 is 11.9 Å². The summed E-state index contributed by atoms with van der Waals surface area (Å²) in [6, 6.07) is 0. The van der Waals surface area contributed by atoms with Crippen molar-refractivity contribution in [1.29, 1.82) is 0 Å². The minimum Gasteiger partial charge on any atom is -0.481 e. The van der Waals surface area contributed by atoms with E-state index < -0.39 is 11.9 Å². The van der Waals surface area contributed by atoms with Crippen LogP contribution in [-0.4, -0.2) is 22.2 Å². The molecule has 112 valence electrons. The van der Waals surface area contributed by atoms with Gasteiger partial charge in [0.25, 0.3) is 0 Å². The van der Waals surface area contributed by atoms with Gasteiger partial charge in [-0.2, -0.15) is 0 Å². The largest absolute Gasteiger partial charge is 0.481 e. The second-order valence-corrected chi connectivity index (χ2v) is 5.26. The molecule has 0 aliphatic heterocycles. The van der Waals surface area contributed by atoms with Crippen molar-refractivity contribution in [3.8, 4) is 0 Å². The van der Waals surface area contributed by atoms with Crippen LogP contribution in [0, 0.1) is 11.8 Å². The van der Waals surface area contributed by atoms with Crippen LogP contribution in [0.3, 0.4) is 0 Å². The van der Waals surface area contributed by atoms with Gasteiger partial charge in [-0.25, -0.2) is 0 Å². The summed E-state index contributed by atoms with van der Waals surface area (Å²) in [5.74, 6) is -1.86. The summed E-state index contributed by atoms with van der Waals surface area (Å²) in [6.45, 7) is 3.96. The number of aliphatic carboxylic acids is 2. The van der Waals surface area contributed by atoms with Crippen LogP contribution in [0.15, 0.2) is 0 Å². The minimum atomic E-state index is -0.714. The molecule has 2 N–H and O–H groups in total. The van der Waals surface area contributed by atoms with Gasteiger partial charge in [0.2, 0.25) is 0 Å². The molecule has 0 aromatic rings. The summed E-state index contributed by atoms with van der Waals surface area (Å²) in [4.78, 5) is 21.9. The Morgan fingerprint density at radius 1 is 0.789 bits per heavy atom. The number of hydrogen-bond acceptors (Lipinski definition) is 2. The summed E-state index contributed by atoms with van der Waals surface area (Å²) < 4.78 is 0. The van der Waals surface area contributed by atoms with Gasteiger partial charge in [0.1, 0.15) is 0 Å². The lowest BCUT2D eigenvalue weighted by atomic mass is 9.93. The lowest BCUT2D eigenvalue weighted by Crippen LogP contribution is -2.14. The van der Waals surface area contributed by atoms with E-state index in [1.807, 2.05) is 6.92 Å². The smallest absolute Gasteiger partial charge is 0.306 e. The molecule has 2 unspecified atom stereocenters. The second-order valence-electron chi connectivity index (χ2n) is 5.26. The van der Waals surface area contributed by atoms with Crippen LogP contribution in [0.25, 0.3) is 0 Å². The molecule has 0 rings (SSSR count). The fourth-order valence-electron chi connectivity index (χ4n) is 2.30. The number of carbonyl (C=O) groups is 2. The molecule has 0 aliphatic rings. The Labute approximate surface area is 116 Å². The predicted molar refractivity (Wildman–Crippen MR) is 75.2 cm³/mol. The average Bonchev–Trinajstić information content (AvgIpc) is 2.36. The zero-order valence-electron chi connectivity index (χ0n) is 12.2. The van der Waals surface area contributed by atoms with Crippen molar-refractivity contribution in [2.45, 2.75) is 71.6 Å². The third-order valence-electron chi connectivity index (χ3n) is 3.70. The Balaban J connectivity index is 3.76. The van der Waals surface area contributed by atoms with Crippen LogP contribution >= 0.6 is 0 Å². The molecule has 0 saturated carbocycles. The van der Waals surface area contributed by atoms with Crippen molar-refractivity contribution in [2.24, 2.45) is 11.8 Å². The van der Waals surface area contributed by atoms with Crippen LogP contribution in [-0.2, 0) is 9.59 Å². The van der Waals surface area contributed by atoms with E-state index in [1.165, 1.54) is 0 Å². The third-order valence-corrected chi connectivity index (χ3v) is 3.70.